The molecule has 1 aromatic carbocycles. The van der Waals surface area contributed by atoms with Gasteiger partial charge >= 0.3 is 0 Å². The van der Waals surface area contributed by atoms with Crippen molar-refractivity contribution in [2.45, 2.75) is 39.3 Å². The molecule has 0 radical (unpaired) electrons. The van der Waals surface area contributed by atoms with E-state index in [9.17, 15) is 0 Å². The maximum atomic E-state index is 5.46. The van der Waals surface area contributed by atoms with Gasteiger partial charge in [-0.05, 0) is 32.3 Å². The first-order valence-corrected chi connectivity index (χ1v) is 6.12. The lowest BCUT2D eigenvalue weighted by atomic mass is 10.1. The normalized spacial score (nSPS) is 21.0. The third kappa shape index (κ3) is 3.32. The molecule has 16 heavy (non-hydrogen) atoms. The zero-order chi connectivity index (χ0) is 11.4. The van der Waals surface area contributed by atoms with E-state index in [0.717, 1.165) is 19.8 Å². The van der Waals surface area contributed by atoms with E-state index < -0.39 is 0 Å². The van der Waals surface area contributed by atoms with Gasteiger partial charge in [0.2, 0.25) is 0 Å². The highest BCUT2D eigenvalue weighted by molar-refractivity contribution is 5.28. The van der Waals surface area contributed by atoms with Crippen LogP contribution in [0.5, 0.6) is 0 Å². The van der Waals surface area contributed by atoms with Gasteiger partial charge < -0.3 is 10.1 Å². The quantitative estimate of drug-likeness (QED) is 0.843. The van der Waals surface area contributed by atoms with Gasteiger partial charge in [-0.1, -0.05) is 29.3 Å². The van der Waals surface area contributed by atoms with Crippen LogP contribution < -0.4 is 5.32 Å². The number of hydrogen-bond acceptors (Lipinski definition) is 2. The summed E-state index contributed by atoms with van der Waals surface area (Å²) in [6, 6.07) is 7.26. The average Bonchev–Trinajstić information content (AvgIpc) is 2.27. The molecule has 0 spiro atoms. The Morgan fingerprint density at radius 3 is 2.62 bits per heavy atom. The molecule has 0 aliphatic carbocycles. The van der Waals surface area contributed by atoms with E-state index in [-0.39, 0.29) is 0 Å². The molecule has 1 heterocycles. The number of rotatable bonds is 3. The highest BCUT2D eigenvalue weighted by Gasteiger charge is 2.12. The van der Waals surface area contributed by atoms with Gasteiger partial charge in [-0.3, -0.25) is 0 Å². The molecule has 1 aromatic rings. The minimum Gasteiger partial charge on any atom is -0.380 e. The predicted molar refractivity (Wildman–Crippen MR) is 66.6 cm³/mol. The van der Waals surface area contributed by atoms with Crippen molar-refractivity contribution in [1.29, 1.82) is 0 Å². The fourth-order valence-corrected chi connectivity index (χ4v) is 2.33. The van der Waals surface area contributed by atoms with E-state index in [4.69, 9.17) is 4.74 Å². The van der Waals surface area contributed by atoms with Crippen LogP contribution in [0.1, 0.15) is 29.5 Å². The van der Waals surface area contributed by atoms with Crippen molar-refractivity contribution in [1.82, 2.24) is 5.32 Å². The molecule has 0 saturated carbocycles. The van der Waals surface area contributed by atoms with Crippen molar-refractivity contribution < 1.29 is 4.74 Å². The third-order valence-corrected chi connectivity index (χ3v) is 3.04. The van der Waals surface area contributed by atoms with E-state index in [2.05, 4.69) is 37.4 Å². The topological polar surface area (TPSA) is 21.3 Å². The molecule has 2 rings (SSSR count). The Hall–Kier alpha value is -0.860. The van der Waals surface area contributed by atoms with Gasteiger partial charge in [0.25, 0.3) is 0 Å². The summed E-state index contributed by atoms with van der Waals surface area (Å²) in [5.41, 5.74) is 4.07. The predicted octanol–water partition coefficient (Wildman–Crippen LogP) is 2.57. The van der Waals surface area contributed by atoms with Crippen molar-refractivity contribution >= 4 is 0 Å². The van der Waals surface area contributed by atoms with Gasteiger partial charge in [0.15, 0.2) is 0 Å². The molecule has 1 saturated heterocycles. The van der Waals surface area contributed by atoms with E-state index in [1.54, 1.807) is 0 Å². The summed E-state index contributed by atoms with van der Waals surface area (Å²) < 4.78 is 5.46. The molecular weight excluding hydrogens is 198 g/mol. The molecule has 2 heteroatoms. The molecule has 1 aliphatic heterocycles. The summed E-state index contributed by atoms with van der Waals surface area (Å²) in [6.45, 7) is 7.06. The van der Waals surface area contributed by atoms with Gasteiger partial charge in [-0.15, -0.1) is 0 Å². The highest BCUT2D eigenvalue weighted by atomic mass is 16.5. The van der Waals surface area contributed by atoms with Crippen molar-refractivity contribution in [2.24, 2.45) is 0 Å². The molecule has 0 amide bonds. The second-order valence-electron chi connectivity index (χ2n) is 4.79. The SMILES string of the molecule is Cc1cc(C)cc(CNC2CCCOC2)c1. The fourth-order valence-electron chi connectivity index (χ4n) is 2.33. The second-order valence-corrected chi connectivity index (χ2v) is 4.79. The number of benzene rings is 1. The molecule has 1 fully saturated rings. The Balaban J connectivity index is 1.88. The monoisotopic (exact) mass is 219 g/mol. The first-order chi connectivity index (χ1) is 7.74. The first-order valence-electron chi connectivity index (χ1n) is 6.12. The first kappa shape index (κ1) is 11.6. The Bertz CT molecular complexity index is 322. The Morgan fingerprint density at radius 1 is 1.25 bits per heavy atom. The highest BCUT2D eigenvalue weighted by Crippen LogP contribution is 2.10. The van der Waals surface area contributed by atoms with Gasteiger partial charge in [-0.25, -0.2) is 0 Å². The van der Waals surface area contributed by atoms with Crippen LogP contribution in [0.25, 0.3) is 0 Å². The minimum atomic E-state index is 0.537. The molecule has 1 atom stereocenters. The fraction of sp³-hybridized carbons (Fsp3) is 0.571. The zero-order valence-electron chi connectivity index (χ0n) is 10.3. The molecule has 1 N–H and O–H groups in total. The lowest BCUT2D eigenvalue weighted by Gasteiger charge is -2.23. The lowest BCUT2D eigenvalue weighted by molar-refractivity contribution is 0.0699. The van der Waals surface area contributed by atoms with Crippen molar-refractivity contribution in [2.75, 3.05) is 13.2 Å². The van der Waals surface area contributed by atoms with Crippen LogP contribution in [0.2, 0.25) is 0 Å². The van der Waals surface area contributed by atoms with Crippen LogP contribution in [0.3, 0.4) is 0 Å². The number of nitrogens with one attached hydrogen (secondary N) is 1. The van der Waals surface area contributed by atoms with Crippen LogP contribution in [0.4, 0.5) is 0 Å². The van der Waals surface area contributed by atoms with Crippen molar-refractivity contribution in [3.63, 3.8) is 0 Å². The smallest absolute Gasteiger partial charge is 0.0619 e. The number of hydrogen-bond donors (Lipinski definition) is 1. The standard InChI is InChI=1S/C14H21NO/c1-11-6-12(2)8-13(7-11)9-15-14-4-3-5-16-10-14/h6-8,14-15H,3-5,9-10H2,1-2H3. The van der Waals surface area contributed by atoms with Crippen LogP contribution in [0, 0.1) is 13.8 Å². The van der Waals surface area contributed by atoms with Crippen molar-refractivity contribution in [3.8, 4) is 0 Å². The largest absolute Gasteiger partial charge is 0.380 e. The molecule has 0 aromatic heterocycles. The molecule has 1 unspecified atom stereocenters. The van der Waals surface area contributed by atoms with Gasteiger partial charge in [-0.2, -0.15) is 0 Å². The number of aryl methyl sites for hydroxylation is 2. The molecular formula is C14H21NO. The van der Waals surface area contributed by atoms with E-state index in [1.807, 2.05) is 0 Å². The minimum absolute atomic E-state index is 0.537. The van der Waals surface area contributed by atoms with E-state index in [1.165, 1.54) is 29.5 Å². The molecule has 88 valence electrons. The second kappa shape index (κ2) is 5.46. The van der Waals surface area contributed by atoms with Gasteiger partial charge in [0.05, 0.1) is 6.61 Å². The maximum absolute atomic E-state index is 5.46. The van der Waals surface area contributed by atoms with Crippen LogP contribution >= 0.6 is 0 Å². The summed E-state index contributed by atoms with van der Waals surface area (Å²) in [5.74, 6) is 0. The Labute approximate surface area is 98.0 Å². The Morgan fingerprint density at radius 2 is 2.00 bits per heavy atom. The van der Waals surface area contributed by atoms with E-state index >= 15 is 0 Å². The molecule has 2 nitrogen and oxygen atoms in total. The summed E-state index contributed by atoms with van der Waals surface area (Å²) >= 11 is 0. The number of ether oxygens (including phenoxy) is 1. The maximum Gasteiger partial charge on any atom is 0.0619 e. The van der Waals surface area contributed by atoms with Crippen LogP contribution in [-0.4, -0.2) is 19.3 Å². The van der Waals surface area contributed by atoms with E-state index in [0.29, 0.717) is 6.04 Å². The molecule has 1 aliphatic rings. The zero-order valence-corrected chi connectivity index (χ0v) is 10.3. The molecule has 0 bridgehead atoms. The summed E-state index contributed by atoms with van der Waals surface area (Å²) in [6.07, 6.45) is 2.43. The summed E-state index contributed by atoms with van der Waals surface area (Å²) in [4.78, 5) is 0. The van der Waals surface area contributed by atoms with Gasteiger partial charge in [0, 0.05) is 19.2 Å². The summed E-state index contributed by atoms with van der Waals surface area (Å²) in [5, 5.41) is 3.57. The summed E-state index contributed by atoms with van der Waals surface area (Å²) in [7, 11) is 0. The van der Waals surface area contributed by atoms with Crippen LogP contribution in [-0.2, 0) is 11.3 Å². The third-order valence-electron chi connectivity index (χ3n) is 3.04. The van der Waals surface area contributed by atoms with Crippen molar-refractivity contribution in [3.05, 3.63) is 34.9 Å². The lowest BCUT2D eigenvalue weighted by Crippen LogP contribution is -2.36. The van der Waals surface area contributed by atoms with Crippen LogP contribution in [0.15, 0.2) is 18.2 Å². The van der Waals surface area contributed by atoms with Gasteiger partial charge in [0.1, 0.15) is 0 Å². The Kier molecular flexibility index (Phi) is 3.97. The average molecular weight is 219 g/mol.